The van der Waals surface area contributed by atoms with Crippen LogP contribution in [0.4, 0.5) is 0 Å². The Hall–Kier alpha value is -2.59. The number of hydrogen-bond donors (Lipinski definition) is 1. The number of esters is 1. The monoisotopic (exact) mass is 294 g/mol. The molecule has 2 radical (unpaired) electrons. The first kappa shape index (κ1) is 14.8. The lowest BCUT2D eigenvalue weighted by atomic mass is 10.2. The van der Waals surface area contributed by atoms with Gasteiger partial charge in [-0.1, -0.05) is 53.9 Å². The van der Waals surface area contributed by atoms with Crippen LogP contribution in [0.2, 0.25) is 0 Å². The minimum atomic E-state index is -0.565. The van der Waals surface area contributed by atoms with Crippen molar-refractivity contribution >= 4 is 15.5 Å². The number of hydrogen-bond acceptors (Lipinski definition) is 3. The Labute approximate surface area is 126 Å². The minimum absolute atomic E-state index is 0.0802. The molecule has 0 bridgehead atoms. The van der Waals surface area contributed by atoms with Crippen molar-refractivity contribution in [3.05, 3.63) is 83.7 Å². The Kier molecular flexibility index (Phi) is 5.55. The molecule has 4 heteroatoms. The summed E-state index contributed by atoms with van der Waals surface area (Å²) in [7, 11) is 0.948. The van der Waals surface area contributed by atoms with Crippen LogP contribution >= 0.6 is 0 Å². The maximum Gasteiger partial charge on any atom is 0.347 e. The number of allylic oxidation sites excluding steroid dienone is 2. The van der Waals surface area contributed by atoms with Gasteiger partial charge in [-0.3, -0.25) is 0 Å². The summed E-state index contributed by atoms with van der Waals surface area (Å²) in [5.74, 6) is -0.191. The molecule has 2 aromatic carbocycles. The maximum atomic E-state index is 11.7. The van der Waals surface area contributed by atoms with Crippen LogP contribution in [0, 0.1) is 0 Å². The summed E-state index contributed by atoms with van der Waals surface area (Å²) in [6, 6.07) is 15.0. The zero-order valence-corrected chi connectivity index (χ0v) is 12.3. The largest absolute Gasteiger partial charge is 0.507 e. The summed E-state index contributed by atoms with van der Waals surface area (Å²) in [6.45, 7) is 0. The average molecular weight is 294 g/mol. The molecule has 3 rings (SSSR count). The van der Waals surface area contributed by atoms with Gasteiger partial charge in [-0.05, 0) is 24.3 Å². The first-order valence-electron chi connectivity index (χ1n) is 6.40. The summed E-state index contributed by atoms with van der Waals surface area (Å²) in [5, 5.41) is 9.46. The molecule has 0 spiro atoms. The third-order valence-corrected chi connectivity index (χ3v) is 3.34. The van der Waals surface area contributed by atoms with E-state index in [1.807, 2.05) is 6.07 Å². The van der Waals surface area contributed by atoms with E-state index in [1.165, 1.54) is 12.1 Å². The van der Waals surface area contributed by atoms with E-state index in [0.717, 1.165) is 9.52 Å². The van der Waals surface area contributed by atoms with Crippen molar-refractivity contribution in [3.63, 3.8) is 0 Å². The van der Waals surface area contributed by atoms with Gasteiger partial charge in [0.2, 0.25) is 0 Å². The molecule has 1 heterocycles. The number of phenolic OH excluding ortho intramolecular Hbond substituents is 1. The van der Waals surface area contributed by atoms with Gasteiger partial charge >= 0.3 is 5.97 Å². The Bertz CT molecular complexity index is 638. The van der Waals surface area contributed by atoms with Crippen molar-refractivity contribution in [2.24, 2.45) is 0 Å². The molecule has 3 nitrogen and oxygen atoms in total. The van der Waals surface area contributed by atoms with E-state index < -0.39 is 5.97 Å². The molecule has 0 aromatic heterocycles. The number of phenols is 1. The molecule has 0 fully saturated rings. The Morgan fingerprint density at radius 1 is 0.905 bits per heavy atom. The third-order valence-electron chi connectivity index (χ3n) is 2.57. The number of carbonyl (C=O) groups is 1. The fourth-order valence-electron chi connectivity index (χ4n) is 1.57. The Morgan fingerprint density at radius 2 is 1.52 bits per heavy atom. The highest BCUT2D eigenvalue weighted by Crippen LogP contribution is 2.18. The number of ether oxygens (including phenoxy) is 1. The minimum Gasteiger partial charge on any atom is -0.507 e. The standard InChI is InChI=1S/C13H10O3.C4H4Si/c14-12-9-5-4-8-11(12)13(15)16-10-6-2-1-3-7-10;1-2-4-5-3-1/h1-9,14H;1-4H. The van der Waals surface area contributed by atoms with Crippen molar-refractivity contribution in [2.45, 2.75) is 0 Å². The van der Waals surface area contributed by atoms with E-state index in [2.05, 4.69) is 23.6 Å². The van der Waals surface area contributed by atoms with E-state index >= 15 is 0 Å². The van der Waals surface area contributed by atoms with Crippen LogP contribution in [0.3, 0.4) is 0 Å². The second-order valence-corrected chi connectivity index (χ2v) is 5.10. The zero-order chi connectivity index (χ0) is 14.9. The van der Waals surface area contributed by atoms with Crippen molar-refractivity contribution in [2.75, 3.05) is 0 Å². The molecule has 104 valence electrons. The van der Waals surface area contributed by atoms with Crippen LogP contribution in [0.5, 0.6) is 11.5 Å². The quantitative estimate of drug-likeness (QED) is 0.525. The molecular formula is C17H14O3Si. The van der Waals surface area contributed by atoms with Crippen molar-refractivity contribution in [3.8, 4) is 11.5 Å². The summed E-state index contributed by atoms with van der Waals surface area (Å²) in [5.41, 5.74) is 4.46. The molecule has 0 unspecified atom stereocenters. The van der Waals surface area contributed by atoms with Gasteiger partial charge in [-0.2, -0.15) is 0 Å². The van der Waals surface area contributed by atoms with Crippen LogP contribution in [-0.4, -0.2) is 20.6 Å². The first-order valence-corrected chi connectivity index (χ1v) is 7.56. The number of rotatable bonds is 2. The fraction of sp³-hybridized carbons (Fsp3) is 0. The molecule has 0 atom stereocenters. The van der Waals surface area contributed by atoms with E-state index in [4.69, 9.17) is 4.74 Å². The second kappa shape index (κ2) is 7.87. The zero-order valence-electron chi connectivity index (χ0n) is 11.3. The highest BCUT2D eigenvalue weighted by atomic mass is 28.2. The summed E-state index contributed by atoms with van der Waals surface area (Å²) >= 11 is 0. The van der Waals surface area contributed by atoms with E-state index in [-0.39, 0.29) is 11.3 Å². The van der Waals surface area contributed by atoms with Crippen molar-refractivity contribution in [1.29, 1.82) is 0 Å². The second-order valence-electron chi connectivity index (χ2n) is 4.10. The lowest BCUT2D eigenvalue weighted by Gasteiger charge is -2.04. The van der Waals surface area contributed by atoms with Crippen LogP contribution in [0.25, 0.3) is 0 Å². The van der Waals surface area contributed by atoms with Gasteiger partial charge in [0.15, 0.2) is 0 Å². The molecule has 0 saturated carbocycles. The normalized spacial score (nSPS) is 11.6. The number of carbonyl (C=O) groups excluding carboxylic acids is 1. The first-order chi connectivity index (χ1) is 10.3. The summed E-state index contributed by atoms with van der Waals surface area (Å²) < 4.78 is 5.08. The van der Waals surface area contributed by atoms with Crippen LogP contribution in [0.1, 0.15) is 10.4 Å². The van der Waals surface area contributed by atoms with E-state index in [0.29, 0.717) is 5.75 Å². The Morgan fingerprint density at radius 3 is 2.10 bits per heavy atom. The van der Waals surface area contributed by atoms with Crippen LogP contribution < -0.4 is 4.74 Å². The molecule has 21 heavy (non-hydrogen) atoms. The van der Waals surface area contributed by atoms with Gasteiger partial charge in [-0.25, -0.2) is 4.79 Å². The number of aromatic hydroxyl groups is 1. The Balaban J connectivity index is 0.000000272. The molecule has 2 aromatic rings. The van der Waals surface area contributed by atoms with Gasteiger partial charge in [0.1, 0.15) is 26.6 Å². The average Bonchev–Trinajstić information content (AvgIpc) is 3.08. The van der Waals surface area contributed by atoms with Crippen LogP contribution in [-0.2, 0) is 0 Å². The molecule has 1 aliphatic rings. The molecule has 0 saturated heterocycles. The predicted molar refractivity (Wildman–Crippen MR) is 83.5 cm³/mol. The lowest BCUT2D eigenvalue weighted by Crippen LogP contribution is -2.08. The highest BCUT2D eigenvalue weighted by Gasteiger charge is 2.12. The topological polar surface area (TPSA) is 46.5 Å². The molecule has 1 N–H and O–H groups in total. The highest BCUT2D eigenvalue weighted by molar-refractivity contribution is 6.49. The van der Waals surface area contributed by atoms with Crippen molar-refractivity contribution < 1.29 is 14.6 Å². The van der Waals surface area contributed by atoms with E-state index in [1.54, 1.807) is 36.4 Å². The fourth-order valence-corrected chi connectivity index (χ4v) is 2.13. The summed E-state index contributed by atoms with van der Waals surface area (Å²) in [4.78, 5) is 11.7. The third kappa shape index (κ3) is 4.78. The summed E-state index contributed by atoms with van der Waals surface area (Å²) in [6.07, 6.45) is 4.14. The molecule has 1 aliphatic heterocycles. The van der Waals surface area contributed by atoms with Gasteiger partial charge in [-0.15, -0.1) is 0 Å². The van der Waals surface area contributed by atoms with E-state index in [9.17, 15) is 9.90 Å². The molecular weight excluding hydrogens is 280 g/mol. The molecule has 0 aliphatic carbocycles. The van der Waals surface area contributed by atoms with Gasteiger partial charge in [0.05, 0.1) is 0 Å². The van der Waals surface area contributed by atoms with Crippen molar-refractivity contribution in [1.82, 2.24) is 0 Å². The van der Waals surface area contributed by atoms with Gasteiger partial charge in [0, 0.05) is 0 Å². The predicted octanol–water partition coefficient (Wildman–Crippen LogP) is 3.34. The van der Waals surface area contributed by atoms with Crippen LogP contribution in [0.15, 0.2) is 78.1 Å². The lowest BCUT2D eigenvalue weighted by molar-refractivity contribution is 0.0731. The SMILES string of the molecule is C1=C[Si]C=C1.O=C(Oc1ccccc1)c1ccccc1O. The smallest absolute Gasteiger partial charge is 0.347 e. The number of para-hydroxylation sites is 2. The van der Waals surface area contributed by atoms with Gasteiger partial charge in [0.25, 0.3) is 0 Å². The number of benzene rings is 2. The maximum absolute atomic E-state index is 11.7. The van der Waals surface area contributed by atoms with Gasteiger partial charge < -0.3 is 9.84 Å². The molecule has 0 amide bonds.